The van der Waals surface area contributed by atoms with Crippen LogP contribution in [0.3, 0.4) is 0 Å². The monoisotopic (exact) mass is 477 g/mol. The van der Waals surface area contributed by atoms with Crippen molar-refractivity contribution in [1.29, 1.82) is 0 Å². The molecular formula is C27H24FNO6. The number of carboxylic acid groups (broad SMARTS) is 1. The summed E-state index contributed by atoms with van der Waals surface area (Å²) >= 11 is 0. The van der Waals surface area contributed by atoms with Crippen molar-refractivity contribution < 1.29 is 32.9 Å². The number of carboxylic acids is 1. The third-order valence-corrected chi connectivity index (χ3v) is 6.00. The normalized spacial score (nSPS) is 13.7. The average molecular weight is 477 g/mol. The van der Waals surface area contributed by atoms with E-state index in [2.05, 4.69) is 4.90 Å². The molecule has 4 aromatic rings. The Balaban J connectivity index is 1.59. The molecule has 0 atom stereocenters. The second-order valence-electron chi connectivity index (χ2n) is 8.17. The number of aromatic carboxylic acids is 1. The molecule has 1 N–H and O–H groups in total. The largest absolute Gasteiger partial charge is 0.497 e. The minimum absolute atomic E-state index is 0.00873. The van der Waals surface area contributed by atoms with Gasteiger partial charge in [0.1, 0.15) is 40.8 Å². The van der Waals surface area contributed by atoms with Crippen molar-refractivity contribution in [3.63, 3.8) is 0 Å². The van der Waals surface area contributed by atoms with Crippen LogP contribution in [0.15, 0.2) is 65.1 Å². The first-order valence-corrected chi connectivity index (χ1v) is 11.2. The standard InChI is InChI=1S/C27H24FNO6/c1-32-20-8-2-17(3-9-20)16-34-24-14-21-23(15-22(24)29-10-12-33-13-11-29)35-26(25(21)27(30)31)18-4-6-19(28)7-5-18/h2-9,14-15H,10-13,16H2,1H3,(H,30,31). The Hall–Kier alpha value is -4.04. The summed E-state index contributed by atoms with van der Waals surface area (Å²) in [5, 5.41) is 10.4. The third kappa shape index (κ3) is 4.65. The van der Waals surface area contributed by atoms with Crippen molar-refractivity contribution in [2.45, 2.75) is 6.61 Å². The molecule has 0 amide bonds. The molecular weight excluding hydrogens is 453 g/mol. The summed E-state index contributed by atoms with van der Waals surface area (Å²) in [4.78, 5) is 14.4. The van der Waals surface area contributed by atoms with E-state index in [4.69, 9.17) is 18.6 Å². The highest BCUT2D eigenvalue weighted by atomic mass is 19.1. The molecule has 3 aromatic carbocycles. The average Bonchev–Trinajstić information content (AvgIpc) is 3.27. The Morgan fingerprint density at radius 2 is 1.77 bits per heavy atom. The van der Waals surface area contributed by atoms with Gasteiger partial charge in [0.25, 0.3) is 0 Å². The van der Waals surface area contributed by atoms with E-state index in [1.807, 2.05) is 30.3 Å². The zero-order valence-corrected chi connectivity index (χ0v) is 19.1. The van der Waals surface area contributed by atoms with Gasteiger partial charge in [-0.1, -0.05) is 12.1 Å². The summed E-state index contributed by atoms with van der Waals surface area (Å²) in [5.41, 5.74) is 2.64. The Kier molecular flexibility index (Phi) is 6.29. The predicted molar refractivity (Wildman–Crippen MR) is 129 cm³/mol. The van der Waals surface area contributed by atoms with E-state index in [-0.39, 0.29) is 17.9 Å². The predicted octanol–water partition coefficient (Wildman–Crippen LogP) is 5.36. The second-order valence-corrected chi connectivity index (χ2v) is 8.17. The molecule has 0 spiro atoms. The van der Waals surface area contributed by atoms with Gasteiger partial charge >= 0.3 is 5.97 Å². The molecule has 0 bridgehead atoms. The lowest BCUT2D eigenvalue weighted by molar-refractivity contribution is 0.0699. The van der Waals surface area contributed by atoms with Crippen molar-refractivity contribution in [2.24, 2.45) is 0 Å². The lowest BCUT2D eigenvalue weighted by Gasteiger charge is -2.30. The maximum absolute atomic E-state index is 13.5. The highest BCUT2D eigenvalue weighted by molar-refractivity contribution is 6.09. The number of benzene rings is 3. The van der Waals surface area contributed by atoms with Gasteiger partial charge in [-0.3, -0.25) is 0 Å². The molecule has 180 valence electrons. The highest BCUT2D eigenvalue weighted by Crippen LogP contribution is 2.41. The molecule has 5 rings (SSSR count). The number of hydrogen-bond donors (Lipinski definition) is 1. The van der Waals surface area contributed by atoms with Crippen LogP contribution in [0, 0.1) is 5.82 Å². The number of anilines is 1. The molecule has 1 saturated heterocycles. The van der Waals surface area contributed by atoms with E-state index in [0.717, 1.165) is 17.0 Å². The number of ether oxygens (including phenoxy) is 3. The maximum Gasteiger partial charge on any atom is 0.340 e. The Bertz CT molecular complexity index is 1340. The molecule has 0 aliphatic carbocycles. The van der Waals surface area contributed by atoms with Gasteiger partial charge in [0, 0.05) is 30.1 Å². The minimum Gasteiger partial charge on any atom is -0.497 e. The quantitative estimate of drug-likeness (QED) is 0.384. The summed E-state index contributed by atoms with van der Waals surface area (Å²) in [6.45, 7) is 2.78. The van der Waals surface area contributed by atoms with Crippen LogP contribution in [-0.2, 0) is 11.3 Å². The van der Waals surface area contributed by atoms with Crippen molar-refractivity contribution >= 4 is 22.6 Å². The molecule has 0 radical (unpaired) electrons. The fraction of sp³-hybridized carbons (Fsp3) is 0.222. The SMILES string of the molecule is COc1ccc(COc2cc3c(C(=O)O)c(-c4ccc(F)cc4)oc3cc2N2CCOCC2)cc1. The van der Waals surface area contributed by atoms with Crippen LogP contribution < -0.4 is 14.4 Å². The van der Waals surface area contributed by atoms with Gasteiger partial charge in [-0.25, -0.2) is 9.18 Å². The molecule has 1 aromatic heterocycles. The van der Waals surface area contributed by atoms with Crippen LogP contribution in [-0.4, -0.2) is 44.5 Å². The van der Waals surface area contributed by atoms with Gasteiger partial charge in [-0.2, -0.15) is 0 Å². The first-order chi connectivity index (χ1) is 17.0. The maximum atomic E-state index is 13.5. The number of methoxy groups -OCH3 is 1. The van der Waals surface area contributed by atoms with Gasteiger partial charge in [-0.05, 0) is 48.0 Å². The number of rotatable bonds is 7. The minimum atomic E-state index is -1.14. The Labute approximate surface area is 201 Å². The smallest absolute Gasteiger partial charge is 0.340 e. The van der Waals surface area contributed by atoms with Crippen molar-refractivity contribution in [3.8, 4) is 22.8 Å². The highest BCUT2D eigenvalue weighted by Gasteiger charge is 2.25. The van der Waals surface area contributed by atoms with Crippen LogP contribution in [0.4, 0.5) is 10.1 Å². The van der Waals surface area contributed by atoms with Crippen LogP contribution in [0.25, 0.3) is 22.3 Å². The molecule has 2 heterocycles. The molecule has 8 heteroatoms. The third-order valence-electron chi connectivity index (χ3n) is 6.00. The van der Waals surface area contributed by atoms with E-state index in [0.29, 0.717) is 48.6 Å². The number of carbonyl (C=O) groups is 1. The van der Waals surface area contributed by atoms with E-state index < -0.39 is 11.8 Å². The Morgan fingerprint density at radius 3 is 2.43 bits per heavy atom. The first-order valence-electron chi connectivity index (χ1n) is 11.2. The van der Waals surface area contributed by atoms with Gasteiger partial charge in [0.15, 0.2) is 0 Å². The summed E-state index contributed by atoms with van der Waals surface area (Å²) in [7, 11) is 1.61. The zero-order valence-electron chi connectivity index (χ0n) is 19.1. The summed E-state index contributed by atoms with van der Waals surface area (Å²) < 4.78 is 36.4. The topological polar surface area (TPSA) is 81.4 Å². The number of furan rings is 1. The van der Waals surface area contributed by atoms with Gasteiger partial charge in [-0.15, -0.1) is 0 Å². The number of fused-ring (bicyclic) bond motifs is 1. The molecule has 1 fully saturated rings. The number of halogens is 1. The lowest BCUT2D eigenvalue weighted by atomic mass is 10.0. The van der Waals surface area contributed by atoms with Crippen molar-refractivity contribution in [3.05, 3.63) is 77.6 Å². The van der Waals surface area contributed by atoms with Crippen LogP contribution in [0.5, 0.6) is 11.5 Å². The molecule has 1 aliphatic rings. The Morgan fingerprint density at radius 1 is 1.06 bits per heavy atom. The molecule has 35 heavy (non-hydrogen) atoms. The van der Waals surface area contributed by atoms with Crippen LogP contribution in [0.1, 0.15) is 15.9 Å². The second kappa shape index (κ2) is 9.68. The fourth-order valence-electron chi connectivity index (χ4n) is 4.18. The van der Waals surface area contributed by atoms with E-state index in [1.165, 1.54) is 24.3 Å². The molecule has 0 unspecified atom stereocenters. The van der Waals surface area contributed by atoms with Gasteiger partial charge < -0.3 is 28.6 Å². The van der Waals surface area contributed by atoms with Gasteiger partial charge in [0.05, 0.1) is 26.0 Å². The molecule has 1 aliphatic heterocycles. The van der Waals surface area contributed by atoms with E-state index >= 15 is 0 Å². The van der Waals surface area contributed by atoms with Gasteiger partial charge in [0.2, 0.25) is 0 Å². The fourth-order valence-corrected chi connectivity index (χ4v) is 4.18. The number of morpholine rings is 1. The van der Waals surface area contributed by atoms with Crippen LogP contribution >= 0.6 is 0 Å². The summed E-state index contributed by atoms with van der Waals surface area (Å²) in [5.74, 6) is -0.0761. The van der Waals surface area contributed by atoms with Crippen LogP contribution in [0.2, 0.25) is 0 Å². The summed E-state index contributed by atoms with van der Waals surface area (Å²) in [6.07, 6.45) is 0. The van der Waals surface area contributed by atoms with Crippen molar-refractivity contribution in [1.82, 2.24) is 0 Å². The van der Waals surface area contributed by atoms with E-state index in [9.17, 15) is 14.3 Å². The summed E-state index contributed by atoms with van der Waals surface area (Å²) in [6, 6.07) is 16.6. The zero-order chi connectivity index (χ0) is 24.4. The number of nitrogens with zero attached hydrogens (tertiary/aromatic N) is 1. The molecule has 7 nitrogen and oxygen atoms in total. The van der Waals surface area contributed by atoms with E-state index in [1.54, 1.807) is 13.2 Å². The lowest BCUT2D eigenvalue weighted by Crippen LogP contribution is -2.36. The number of hydrogen-bond acceptors (Lipinski definition) is 6. The van der Waals surface area contributed by atoms with Crippen molar-refractivity contribution in [2.75, 3.05) is 38.3 Å². The first kappa shape index (κ1) is 22.7. The molecule has 0 saturated carbocycles.